The van der Waals surface area contributed by atoms with Gasteiger partial charge in [0.2, 0.25) is 5.91 Å². The number of hydrogen-bond acceptors (Lipinski definition) is 8. The van der Waals surface area contributed by atoms with Gasteiger partial charge in [-0.3, -0.25) is 9.69 Å². The molecular formula is C28H34N8O. The molecule has 2 aromatic heterocycles. The Bertz CT molecular complexity index is 1310. The van der Waals surface area contributed by atoms with Crippen molar-refractivity contribution in [2.24, 2.45) is 5.92 Å². The number of likely N-dealkylation sites (N-methyl/N-ethyl adjacent to an activating group) is 1. The largest absolute Gasteiger partial charge is 0.350 e. The van der Waals surface area contributed by atoms with E-state index in [1.54, 1.807) is 18.6 Å². The van der Waals surface area contributed by atoms with Crippen LogP contribution in [0.2, 0.25) is 0 Å². The fourth-order valence-corrected chi connectivity index (χ4v) is 7.77. The number of fused-ring (bicyclic) bond motifs is 3. The average Bonchev–Trinajstić information content (AvgIpc) is 3.50. The van der Waals surface area contributed by atoms with E-state index in [1.165, 1.54) is 12.0 Å². The number of carbonyl (C=O) groups is 1. The van der Waals surface area contributed by atoms with Crippen molar-refractivity contribution in [1.82, 2.24) is 24.8 Å². The molecule has 2 aliphatic carbocycles. The average molecular weight is 499 g/mol. The zero-order chi connectivity index (χ0) is 25.5. The summed E-state index contributed by atoms with van der Waals surface area (Å²) in [5.41, 5.74) is 1.57. The monoisotopic (exact) mass is 498 g/mol. The lowest BCUT2D eigenvalue weighted by molar-refractivity contribution is -0.148. The van der Waals surface area contributed by atoms with Gasteiger partial charge in [-0.1, -0.05) is 6.42 Å². The standard InChI is InChI=1S/C28H34N8O/c1-18-14-35(26(37)28-10-21(11-28)15-33(28)3)19(2)13-34(18)24-23-25(32-17-31-24)36(16-27(23)6-4-7-27)22-9-20(12-29)5-8-30-22/h5,8-9,17-19,21H,4,6-7,10-11,13-16H2,1-3H3/t18-,19+,21?,28?/m0/s1. The normalized spacial score (nSPS) is 31.6. The van der Waals surface area contributed by atoms with E-state index in [0.717, 1.165) is 62.8 Å². The van der Waals surface area contributed by atoms with Crippen LogP contribution < -0.4 is 9.80 Å². The van der Waals surface area contributed by atoms with E-state index in [9.17, 15) is 10.1 Å². The minimum Gasteiger partial charge on any atom is -0.350 e. The molecule has 0 aromatic carbocycles. The number of aromatic nitrogens is 3. The summed E-state index contributed by atoms with van der Waals surface area (Å²) in [5, 5.41) is 9.43. The lowest BCUT2D eigenvalue weighted by Crippen LogP contribution is -2.65. The lowest BCUT2D eigenvalue weighted by Gasteiger charge is -2.50. The van der Waals surface area contributed by atoms with E-state index in [-0.39, 0.29) is 23.0 Å². The number of pyridine rings is 1. The highest BCUT2D eigenvalue weighted by Gasteiger charge is 2.61. The summed E-state index contributed by atoms with van der Waals surface area (Å²) in [5.74, 6) is 3.70. The lowest BCUT2D eigenvalue weighted by atomic mass is 9.66. The predicted molar refractivity (Wildman–Crippen MR) is 140 cm³/mol. The quantitative estimate of drug-likeness (QED) is 0.638. The number of nitrogens with zero attached hydrogens (tertiary/aromatic N) is 8. The second-order valence-electron chi connectivity index (χ2n) is 12.1. The highest BCUT2D eigenvalue weighted by Crippen LogP contribution is 2.56. The molecule has 4 aliphatic heterocycles. The minimum absolute atomic E-state index is 0.0125. The Balaban J connectivity index is 1.21. The first kappa shape index (κ1) is 22.9. The summed E-state index contributed by atoms with van der Waals surface area (Å²) in [4.78, 5) is 37.0. The van der Waals surface area contributed by atoms with Crippen molar-refractivity contribution in [3.05, 3.63) is 35.8 Å². The molecule has 8 rings (SSSR count). The van der Waals surface area contributed by atoms with Crippen LogP contribution >= 0.6 is 0 Å². The van der Waals surface area contributed by atoms with Gasteiger partial charge in [0.15, 0.2) is 0 Å². The first-order valence-electron chi connectivity index (χ1n) is 13.6. The molecule has 0 unspecified atom stereocenters. The fourth-order valence-electron chi connectivity index (χ4n) is 7.77. The molecule has 2 aromatic rings. The van der Waals surface area contributed by atoms with Gasteiger partial charge in [0.25, 0.3) is 0 Å². The first-order valence-corrected chi connectivity index (χ1v) is 13.6. The molecule has 2 saturated carbocycles. The van der Waals surface area contributed by atoms with Gasteiger partial charge in [-0.15, -0.1) is 0 Å². The molecule has 6 aliphatic rings. The van der Waals surface area contributed by atoms with E-state index in [4.69, 9.17) is 9.97 Å². The molecule has 37 heavy (non-hydrogen) atoms. The van der Waals surface area contributed by atoms with Gasteiger partial charge in [0.1, 0.15) is 29.3 Å². The van der Waals surface area contributed by atoms with Crippen molar-refractivity contribution < 1.29 is 4.79 Å². The Kier molecular flexibility index (Phi) is 4.88. The molecule has 5 fully saturated rings. The molecule has 9 heteroatoms. The Morgan fingerprint density at radius 2 is 1.86 bits per heavy atom. The van der Waals surface area contributed by atoms with Crippen molar-refractivity contribution >= 4 is 23.4 Å². The summed E-state index contributed by atoms with van der Waals surface area (Å²) in [7, 11) is 2.12. The predicted octanol–water partition coefficient (Wildman–Crippen LogP) is 2.84. The molecule has 2 atom stereocenters. The van der Waals surface area contributed by atoms with E-state index in [0.29, 0.717) is 23.9 Å². The van der Waals surface area contributed by atoms with Crippen LogP contribution in [0.3, 0.4) is 0 Å². The third-order valence-electron chi connectivity index (χ3n) is 9.95. The van der Waals surface area contributed by atoms with Crippen LogP contribution in [0.4, 0.5) is 17.5 Å². The Labute approximate surface area is 218 Å². The van der Waals surface area contributed by atoms with Crippen molar-refractivity contribution in [2.45, 2.75) is 69.0 Å². The van der Waals surface area contributed by atoms with Crippen molar-refractivity contribution in [3.63, 3.8) is 0 Å². The van der Waals surface area contributed by atoms with Gasteiger partial charge in [-0.2, -0.15) is 5.26 Å². The number of nitriles is 1. The zero-order valence-electron chi connectivity index (χ0n) is 21.9. The molecule has 3 saturated heterocycles. The molecule has 1 amide bonds. The van der Waals surface area contributed by atoms with E-state index < -0.39 is 0 Å². The summed E-state index contributed by atoms with van der Waals surface area (Å²) in [6, 6.07) is 6.09. The SMILES string of the molecule is C[C@@H]1CN(c2ncnc3c2C2(CCC2)CN3c2cc(C#N)ccn2)[C@@H](C)CN1C(=O)C12CC(CN1C)C2. The van der Waals surface area contributed by atoms with Crippen LogP contribution in [0.5, 0.6) is 0 Å². The summed E-state index contributed by atoms with van der Waals surface area (Å²) >= 11 is 0. The van der Waals surface area contributed by atoms with E-state index in [1.807, 2.05) is 6.07 Å². The smallest absolute Gasteiger partial charge is 0.243 e. The first-order chi connectivity index (χ1) is 17.8. The number of anilines is 3. The number of rotatable bonds is 3. The van der Waals surface area contributed by atoms with Gasteiger partial charge < -0.3 is 14.7 Å². The third-order valence-corrected chi connectivity index (χ3v) is 9.95. The molecule has 6 heterocycles. The van der Waals surface area contributed by atoms with Crippen molar-refractivity contribution in [3.8, 4) is 6.07 Å². The van der Waals surface area contributed by atoms with E-state index in [2.05, 4.69) is 51.5 Å². The van der Waals surface area contributed by atoms with Gasteiger partial charge in [0.05, 0.1) is 11.6 Å². The Morgan fingerprint density at radius 3 is 2.54 bits per heavy atom. The molecule has 2 bridgehead atoms. The van der Waals surface area contributed by atoms with E-state index >= 15 is 0 Å². The maximum Gasteiger partial charge on any atom is 0.243 e. The molecule has 0 radical (unpaired) electrons. The second-order valence-corrected chi connectivity index (χ2v) is 12.1. The highest BCUT2D eigenvalue weighted by molar-refractivity contribution is 5.89. The molecule has 0 N–H and O–H groups in total. The summed E-state index contributed by atoms with van der Waals surface area (Å²) < 4.78 is 0. The topological polar surface area (TPSA) is 92.5 Å². The number of piperazine rings is 1. The maximum atomic E-state index is 13.8. The number of carbonyl (C=O) groups excluding carboxylic acids is 1. The zero-order valence-corrected chi connectivity index (χ0v) is 21.9. The summed E-state index contributed by atoms with van der Waals surface area (Å²) in [6.07, 6.45) is 8.80. The van der Waals surface area contributed by atoms with Gasteiger partial charge >= 0.3 is 0 Å². The fraction of sp³-hybridized carbons (Fsp3) is 0.607. The van der Waals surface area contributed by atoms with Gasteiger partial charge in [-0.25, -0.2) is 15.0 Å². The number of amides is 1. The van der Waals surface area contributed by atoms with Crippen LogP contribution in [-0.4, -0.2) is 81.5 Å². The maximum absolute atomic E-state index is 13.8. The molecule has 9 nitrogen and oxygen atoms in total. The minimum atomic E-state index is -0.265. The van der Waals surface area contributed by atoms with Crippen LogP contribution in [0, 0.1) is 17.2 Å². The third kappa shape index (κ3) is 3.11. The van der Waals surface area contributed by atoms with Crippen molar-refractivity contribution in [1.29, 1.82) is 5.26 Å². The van der Waals surface area contributed by atoms with Gasteiger partial charge in [0, 0.05) is 55.4 Å². The van der Waals surface area contributed by atoms with Crippen LogP contribution in [0.1, 0.15) is 57.1 Å². The second kappa shape index (κ2) is 7.87. The Hall–Kier alpha value is -3.25. The van der Waals surface area contributed by atoms with Gasteiger partial charge in [-0.05, 0) is 64.6 Å². The molecule has 1 spiro atoms. The molecule has 192 valence electrons. The van der Waals surface area contributed by atoms with Crippen molar-refractivity contribution in [2.75, 3.05) is 43.0 Å². The van der Waals surface area contributed by atoms with Crippen LogP contribution in [0.25, 0.3) is 0 Å². The summed E-state index contributed by atoms with van der Waals surface area (Å²) in [6.45, 7) is 7.74. The Morgan fingerprint density at radius 1 is 1.08 bits per heavy atom. The number of hydrogen-bond donors (Lipinski definition) is 0. The van der Waals surface area contributed by atoms with Crippen LogP contribution in [-0.2, 0) is 10.2 Å². The molecular weight excluding hydrogens is 464 g/mol. The highest BCUT2D eigenvalue weighted by atomic mass is 16.2. The van der Waals surface area contributed by atoms with Crippen LogP contribution in [0.15, 0.2) is 24.7 Å².